The third-order valence-corrected chi connectivity index (χ3v) is 5.14. The van der Waals surface area contributed by atoms with Crippen molar-refractivity contribution >= 4 is 17.8 Å². The highest BCUT2D eigenvalue weighted by atomic mass is 16.2. The van der Waals surface area contributed by atoms with Crippen LogP contribution < -0.4 is 4.90 Å². The van der Waals surface area contributed by atoms with E-state index >= 15 is 0 Å². The predicted molar refractivity (Wildman–Crippen MR) is 95.5 cm³/mol. The molecule has 2 unspecified atom stereocenters. The first-order valence-corrected chi connectivity index (χ1v) is 9.03. The molecule has 3 aliphatic heterocycles. The molecule has 0 aromatic carbocycles. The van der Waals surface area contributed by atoms with Crippen molar-refractivity contribution in [3.05, 3.63) is 17.5 Å². The second-order valence-electron chi connectivity index (χ2n) is 7.23. The van der Waals surface area contributed by atoms with Crippen LogP contribution in [0.3, 0.4) is 0 Å². The Morgan fingerprint density at radius 1 is 1.32 bits per heavy atom. The number of nitrogens with zero attached hydrogens (tertiary/aromatic N) is 5. The topological polar surface area (TPSA) is 69.6 Å². The van der Waals surface area contributed by atoms with Crippen molar-refractivity contribution in [3.63, 3.8) is 0 Å². The Morgan fingerprint density at radius 2 is 2.08 bits per heavy atom. The predicted octanol–water partition coefficient (Wildman–Crippen LogP) is 1.32. The highest BCUT2D eigenvalue weighted by Gasteiger charge is 2.41. The van der Waals surface area contributed by atoms with E-state index in [4.69, 9.17) is 0 Å². The standard InChI is InChI=1S/C18H27N5O2/c1-5-8-23-14-7-6-13(16(23)24)10-22(11-14)17(25)15-9-19-18(21(3)4)20-12(15)2/h9,13-14H,5-8,10-11H2,1-4H3. The van der Waals surface area contributed by atoms with Crippen molar-refractivity contribution in [2.24, 2.45) is 5.92 Å². The van der Waals surface area contributed by atoms with Gasteiger partial charge in [-0.05, 0) is 26.2 Å². The van der Waals surface area contributed by atoms with Crippen molar-refractivity contribution in [1.29, 1.82) is 0 Å². The highest BCUT2D eigenvalue weighted by Crippen LogP contribution is 2.30. The maximum atomic E-state index is 13.0. The van der Waals surface area contributed by atoms with E-state index in [0.717, 1.165) is 25.8 Å². The molecule has 7 heteroatoms. The van der Waals surface area contributed by atoms with Crippen molar-refractivity contribution in [2.75, 3.05) is 38.6 Å². The number of fused-ring (bicyclic) bond motifs is 4. The van der Waals surface area contributed by atoms with Gasteiger partial charge in [-0.1, -0.05) is 6.92 Å². The van der Waals surface area contributed by atoms with E-state index in [0.29, 0.717) is 30.3 Å². The van der Waals surface area contributed by atoms with Gasteiger partial charge in [-0.15, -0.1) is 0 Å². The molecule has 7 nitrogen and oxygen atoms in total. The van der Waals surface area contributed by atoms with Crippen LogP contribution in [0, 0.1) is 12.8 Å². The van der Waals surface area contributed by atoms with Gasteiger partial charge in [0.2, 0.25) is 11.9 Å². The number of anilines is 1. The van der Waals surface area contributed by atoms with Gasteiger partial charge in [-0.25, -0.2) is 9.97 Å². The summed E-state index contributed by atoms with van der Waals surface area (Å²) in [5, 5.41) is 0. The van der Waals surface area contributed by atoms with E-state index in [1.807, 2.05) is 35.7 Å². The normalized spacial score (nSPS) is 23.0. The largest absolute Gasteiger partial charge is 0.347 e. The molecule has 4 heterocycles. The van der Waals surface area contributed by atoms with Gasteiger partial charge in [0.05, 0.1) is 17.2 Å². The molecule has 4 rings (SSSR count). The molecule has 0 spiro atoms. The molecule has 3 fully saturated rings. The van der Waals surface area contributed by atoms with E-state index in [2.05, 4.69) is 16.9 Å². The molecular weight excluding hydrogens is 318 g/mol. The van der Waals surface area contributed by atoms with Crippen LogP contribution in [-0.4, -0.2) is 71.4 Å². The third-order valence-electron chi connectivity index (χ3n) is 5.14. The van der Waals surface area contributed by atoms with Gasteiger partial charge in [-0.2, -0.15) is 0 Å². The van der Waals surface area contributed by atoms with Crippen LogP contribution >= 0.6 is 0 Å². The molecule has 25 heavy (non-hydrogen) atoms. The maximum absolute atomic E-state index is 13.0. The number of piperidine rings is 1. The number of hydrogen-bond donors (Lipinski definition) is 0. The molecule has 3 saturated heterocycles. The molecule has 0 aliphatic carbocycles. The average molecular weight is 345 g/mol. The number of carbonyl (C=O) groups excluding carboxylic acids is 2. The summed E-state index contributed by atoms with van der Waals surface area (Å²) in [7, 11) is 3.74. The van der Waals surface area contributed by atoms with E-state index in [-0.39, 0.29) is 23.8 Å². The minimum atomic E-state index is -0.0727. The number of aromatic nitrogens is 2. The summed E-state index contributed by atoms with van der Waals surface area (Å²) in [6.45, 7) is 5.81. The lowest BCUT2D eigenvalue weighted by molar-refractivity contribution is -0.139. The number of carbonyl (C=O) groups is 2. The summed E-state index contributed by atoms with van der Waals surface area (Å²) in [4.78, 5) is 40.0. The summed E-state index contributed by atoms with van der Waals surface area (Å²) in [5.74, 6) is 0.668. The van der Waals surface area contributed by atoms with Gasteiger partial charge < -0.3 is 14.7 Å². The fraction of sp³-hybridized carbons (Fsp3) is 0.667. The molecule has 2 amide bonds. The van der Waals surface area contributed by atoms with Crippen molar-refractivity contribution in [1.82, 2.24) is 19.8 Å². The first kappa shape index (κ1) is 17.6. The lowest BCUT2D eigenvalue weighted by Crippen LogP contribution is -2.48. The molecule has 1 aromatic heterocycles. The Hall–Kier alpha value is -2.18. The molecule has 3 aliphatic rings. The lowest BCUT2D eigenvalue weighted by Gasteiger charge is -2.35. The average Bonchev–Trinajstić information content (AvgIpc) is 2.87. The summed E-state index contributed by atoms with van der Waals surface area (Å²) in [6.07, 6.45) is 4.41. The second-order valence-corrected chi connectivity index (χ2v) is 7.23. The molecule has 2 bridgehead atoms. The number of rotatable bonds is 4. The van der Waals surface area contributed by atoms with E-state index in [9.17, 15) is 9.59 Å². The summed E-state index contributed by atoms with van der Waals surface area (Å²) < 4.78 is 0. The van der Waals surface area contributed by atoms with Crippen LogP contribution in [0.1, 0.15) is 42.2 Å². The van der Waals surface area contributed by atoms with Crippen LogP contribution in [0.4, 0.5) is 5.95 Å². The van der Waals surface area contributed by atoms with E-state index in [1.54, 1.807) is 6.20 Å². The van der Waals surface area contributed by atoms with Crippen LogP contribution in [-0.2, 0) is 4.79 Å². The Balaban J connectivity index is 1.83. The first-order valence-electron chi connectivity index (χ1n) is 9.03. The SMILES string of the molecule is CCCN1C(=O)C2CCC1CN(C(=O)c1cnc(N(C)C)nc1C)C2. The molecule has 0 radical (unpaired) electrons. The minimum Gasteiger partial charge on any atom is -0.347 e. The summed E-state index contributed by atoms with van der Waals surface area (Å²) in [6, 6.07) is 0.137. The summed E-state index contributed by atoms with van der Waals surface area (Å²) in [5.41, 5.74) is 1.21. The van der Waals surface area contributed by atoms with Crippen molar-refractivity contribution < 1.29 is 9.59 Å². The van der Waals surface area contributed by atoms with Gasteiger partial charge in [0.1, 0.15) is 0 Å². The molecule has 0 N–H and O–H groups in total. The Morgan fingerprint density at radius 3 is 2.72 bits per heavy atom. The maximum Gasteiger partial charge on any atom is 0.257 e. The van der Waals surface area contributed by atoms with E-state index in [1.165, 1.54) is 0 Å². The number of amides is 2. The van der Waals surface area contributed by atoms with Gasteiger partial charge in [0, 0.05) is 46.0 Å². The fourth-order valence-electron chi connectivity index (χ4n) is 3.79. The van der Waals surface area contributed by atoms with Gasteiger partial charge in [-0.3, -0.25) is 9.59 Å². The van der Waals surface area contributed by atoms with Crippen molar-refractivity contribution in [2.45, 2.75) is 39.2 Å². The Labute approximate surface area is 149 Å². The molecule has 136 valence electrons. The van der Waals surface area contributed by atoms with Crippen molar-refractivity contribution in [3.8, 4) is 0 Å². The quantitative estimate of drug-likeness (QED) is 0.823. The Kier molecular flexibility index (Phi) is 4.92. The number of hydrogen-bond acceptors (Lipinski definition) is 5. The molecule has 1 aromatic rings. The molecule has 0 saturated carbocycles. The van der Waals surface area contributed by atoms with Crippen LogP contribution in [0.25, 0.3) is 0 Å². The van der Waals surface area contributed by atoms with Crippen LogP contribution in [0.2, 0.25) is 0 Å². The van der Waals surface area contributed by atoms with Gasteiger partial charge in [0.15, 0.2) is 0 Å². The van der Waals surface area contributed by atoms with Gasteiger partial charge in [0.25, 0.3) is 5.91 Å². The lowest BCUT2D eigenvalue weighted by atomic mass is 9.94. The zero-order valence-electron chi connectivity index (χ0n) is 15.5. The third kappa shape index (κ3) is 3.32. The second kappa shape index (κ2) is 6.98. The zero-order chi connectivity index (χ0) is 18.1. The van der Waals surface area contributed by atoms with Crippen LogP contribution in [0.5, 0.6) is 0 Å². The van der Waals surface area contributed by atoms with E-state index < -0.39 is 0 Å². The first-order chi connectivity index (χ1) is 11.9. The monoisotopic (exact) mass is 345 g/mol. The zero-order valence-corrected chi connectivity index (χ0v) is 15.5. The molecular formula is C18H27N5O2. The highest BCUT2D eigenvalue weighted by molar-refractivity contribution is 5.95. The summed E-state index contributed by atoms with van der Waals surface area (Å²) >= 11 is 0. The fourth-order valence-corrected chi connectivity index (χ4v) is 3.79. The number of aryl methyl sites for hydroxylation is 1. The van der Waals surface area contributed by atoms with Gasteiger partial charge >= 0.3 is 0 Å². The van der Waals surface area contributed by atoms with Crippen LogP contribution in [0.15, 0.2) is 6.20 Å². The smallest absolute Gasteiger partial charge is 0.257 e. The Bertz CT molecular complexity index is 675. The molecule has 2 atom stereocenters. The minimum absolute atomic E-state index is 0.0640.